The number of nitrogens with zero attached hydrogens (tertiary/aromatic N) is 3. The van der Waals surface area contributed by atoms with Crippen LogP contribution < -0.4 is 4.74 Å². The minimum Gasteiger partial charge on any atom is -0.495 e. The Bertz CT molecular complexity index is 1060. The number of hydrogen-bond donors (Lipinski definition) is 0. The van der Waals surface area contributed by atoms with E-state index in [2.05, 4.69) is 4.90 Å². The average molecular weight is 494 g/mol. The number of rotatable bonds is 8. The molecule has 1 saturated heterocycles. The van der Waals surface area contributed by atoms with Crippen LogP contribution in [-0.4, -0.2) is 74.8 Å². The highest BCUT2D eigenvalue weighted by Gasteiger charge is 2.28. The Balaban J connectivity index is 1.76. The highest BCUT2D eigenvalue weighted by molar-refractivity contribution is 7.89. The second-order valence-corrected chi connectivity index (χ2v) is 10.3. The molecule has 1 amide bonds. The second kappa shape index (κ2) is 11.3. The minimum absolute atomic E-state index is 0.0266. The number of carbonyl (C=O) groups excluding carboxylic acids is 1. The van der Waals surface area contributed by atoms with Gasteiger partial charge in [0.05, 0.1) is 7.11 Å². The van der Waals surface area contributed by atoms with Gasteiger partial charge in [-0.3, -0.25) is 9.69 Å². The molecule has 0 saturated carbocycles. The Morgan fingerprint density at radius 3 is 2.36 bits per heavy atom. The van der Waals surface area contributed by atoms with Gasteiger partial charge in [0, 0.05) is 56.4 Å². The van der Waals surface area contributed by atoms with Gasteiger partial charge >= 0.3 is 0 Å². The van der Waals surface area contributed by atoms with Gasteiger partial charge in [0.1, 0.15) is 10.6 Å². The van der Waals surface area contributed by atoms with Gasteiger partial charge in [0.25, 0.3) is 5.91 Å². The van der Waals surface area contributed by atoms with Crippen molar-refractivity contribution in [2.75, 3.05) is 46.4 Å². The molecule has 0 aromatic heterocycles. The number of carbonyl (C=O) groups is 1. The highest BCUT2D eigenvalue weighted by atomic mass is 35.5. The van der Waals surface area contributed by atoms with Gasteiger partial charge in [-0.2, -0.15) is 4.31 Å². The van der Waals surface area contributed by atoms with Crippen LogP contribution in [0.15, 0.2) is 47.4 Å². The summed E-state index contributed by atoms with van der Waals surface area (Å²) in [5, 5.41) is 0.716. The Labute approximate surface area is 201 Å². The lowest BCUT2D eigenvalue weighted by Gasteiger charge is -2.23. The molecule has 0 spiro atoms. The molecule has 2 aromatic rings. The molecule has 0 atom stereocenters. The van der Waals surface area contributed by atoms with Crippen molar-refractivity contribution in [2.45, 2.75) is 31.7 Å². The van der Waals surface area contributed by atoms with Crippen molar-refractivity contribution in [1.29, 1.82) is 0 Å². The van der Waals surface area contributed by atoms with Crippen LogP contribution in [-0.2, 0) is 16.6 Å². The van der Waals surface area contributed by atoms with Crippen molar-refractivity contribution in [3.05, 3.63) is 58.6 Å². The lowest BCUT2D eigenvalue weighted by atomic mass is 10.2. The quantitative estimate of drug-likeness (QED) is 0.560. The first-order valence-electron chi connectivity index (χ1n) is 11.2. The fourth-order valence-corrected chi connectivity index (χ4v) is 5.84. The number of hydrogen-bond acceptors (Lipinski definition) is 5. The van der Waals surface area contributed by atoms with Gasteiger partial charge < -0.3 is 9.64 Å². The molecule has 3 rings (SSSR count). The van der Waals surface area contributed by atoms with Gasteiger partial charge in [-0.05, 0) is 42.3 Å². The zero-order valence-corrected chi connectivity index (χ0v) is 21.0. The van der Waals surface area contributed by atoms with Gasteiger partial charge in [-0.15, -0.1) is 0 Å². The van der Waals surface area contributed by atoms with E-state index < -0.39 is 10.0 Å². The largest absolute Gasteiger partial charge is 0.495 e. The van der Waals surface area contributed by atoms with Gasteiger partial charge in [0.2, 0.25) is 10.0 Å². The summed E-state index contributed by atoms with van der Waals surface area (Å²) < 4.78 is 32.9. The molecule has 1 aliphatic heterocycles. The summed E-state index contributed by atoms with van der Waals surface area (Å²) in [4.78, 5) is 17.4. The monoisotopic (exact) mass is 493 g/mol. The van der Waals surface area contributed by atoms with Crippen molar-refractivity contribution in [1.82, 2.24) is 14.1 Å². The summed E-state index contributed by atoms with van der Waals surface area (Å²) in [6.45, 7) is 7.90. The van der Waals surface area contributed by atoms with Crippen LogP contribution in [0.1, 0.15) is 36.2 Å². The lowest BCUT2D eigenvalue weighted by molar-refractivity contribution is 0.0761. The number of amides is 1. The maximum absolute atomic E-state index is 13.3. The summed E-state index contributed by atoms with van der Waals surface area (Å²) in [6.07, 6.45) is 0.847. The maximum Gasteiger partial charge on any atom is 0.253 e. The van der Waals surface area contributed by atoms with Crippen molar-refractivity contribution in [3.8, 4) is 5.75 Å². The third-order valence-electron chi connectivity index (χ3n) is 5.93. The second-order valence-electron chi connectivity index (χ2n) is 8.00. The molecule has 1 heterocycles. The van der Waals surface area contributed by atoms with Crippen molar-refractivity contribution < 1.29 is 17.9 Å². The standard InChI is InChI=1S/C24H32ClN3O4S/c1-4-28(5-2)33(30,31)23-17-20(9-12-22(23)32-3)24(29)27-14-6-13-26(15-16-27)18-19-7-10-21(25)11-8-19/h7-12,17H,4-6,13-16,18H2,1-3H3. The van der Waals surface area contributed by atoms with E-state index in [0.29, 0.717) is 36.8 Å². The average Bonchev–Trinajstić information content (AvgIpc) is 3.06. The first kappa shape index (κ1) is 25.5. The molecular weight excluding hydrogens is 462 g/mol. The Kier molecular flexibility index (Phi) is 8.75. The van der Waals surface area contributed by atoms with Gasteiger partial charge in [-0.25, -0.2) is 8.42 Å². The Hall–Kier alpha value is -2.13. The summed E-state index contributed by atoms with van der Waals surface area (Å²) in [5.74, 6) is 0.0745. The zero-order valence-electron chi connectivity index (χ0n) is 19.5. The molecule has 0 radical (unpaired) electrons. The first-order chi connectivity index (χ1) is 15.8. The number of benzene rings is 2. The smallest absolute Gasteiger partial charge is 0.253 e. The third kappa shape index (κ3) is 6.06. The first-order valence-corrected chi connectivity index (χ1v) is 13.1. The number of ether oxygens (including phenoxy) is 1. The normalized spacial score (nSPS) is 15.5. The molecule has 0 N–H and O–H groups in total. The van der Waals surface area contributed by atoms with Gasteiger partial charge in [0.15, 0.2) is 0 Å². The molecule has 33 heavy (non-hydrogen) atoms. The highest BCUT2D eigenvalue weighted by Crippen LogP contribution is 2.28. The summed E-state index contributed by atoms with van der Waals surface area (Å²) in [7, 11) is -2.33. The molecule has 2 aromatic carbocycles. The molecule has 9 heteroatoms. The summed E-state index contributed by atoms with van der Waals surface area (Å²) >= 11 is 5.98. The Morgan fingerprint density at radius 1 is 1.03 bits per heavy atom. The van der Waals surface area contributed by atoms with E-state index in [-0.39, 0.29) is 16.6 Å². The summed E-state index contributed by atoms with van der Waals surface area (Å²) in [5.41, 5.74) is 1.54. The Morgan fingerprint density at radius 2 is 1.73 bits per heavy atom. The molecule has 1 fully saturated rings. The maximum atomic E-state index is 13.3. The van der Waals surface area contributed by atoms with Crippen LogP contribution in [0.5, 0.6) is 5.75 Å². The van der Waals surface area contributed by atoms with Crippen molar-refractivity contribution >= 4 is 27.5 Å². The van der Waals surface area contributed by atoms with Crippen LogP contribution in [0.2, 0.25) is 5.02 Å². The van der Waals surface area contributed by atoms with E-state index in [0.717, 1.165) is 26.1 Å². The SMILES string of the molecule is CCN(CC)S(=O)(=O)c1cc(C(=O)N2CCCN(Cc3ccc(Cl)cc3)CC2)ccc1OC. The molecule has 0 bridgehead atoms. The zero-order chi connectivity index (χ0) is 24.0. The fraction of sp³-hybridized carbons (Fsp3) is 0.458. The van der Waals surface area contributed by atoms with Crippen molar-refractivity contribution in [2.24, 2.45) is 0 Å². The molecular formula is C24H32ClN3O4S. The van der Waals surface area contributed by atoms with Crippen LogP contribution in [0, 0.1) is 0 Å². The predicted octanol–water partition coefficient (Wildman–Crippen LogP) is 3.73. The predicted molar refractivity (Wildman–Crippen MR) is 130 cm³/mol. The molecule has 0 aliphatic carbocycles. The van der Waals surface area contributed by atoms with Crippen LogP contribution >= 0.6 is 11.6 Å². The van der Waals surface area contributed by atoms with E-state index in [1.54, 1.807) is 30.9 Å². The molecule has 7 nitrogen and oxygen atoms in total. The van der Waals surface area contributed by atoms with E-state index in [1.165, 1.54) is 23.0 Å². The lowest BCUT2D eigenvalue weighted by Crippen LogP contribution is -2.35. The summed E-state index contributed by atoms with van der Waals surface area (Å²) in [6, 6.07) is 12.5. The van der Waals surface area contributed by atoms with E-state index in [4.69, 9.17) is 16.3 Å². The van der Waals surface area contributed by atoms with Crippen molar-refractivity contribution in [3.63, 3.8) is 0 Å². The van der Waals surface area contributed by atoms with Crippen LogP contribution in [0.25, 0.3) is 0 Å². The van der Waals surface area contributed by atoms with Crippen LogP contribution in [0.3, 0.4) is 0 Å². The molecule has 180 valence electrons. The third-order valence-corrected chi connectivity index (χ3v) is 8.25. The molecule has 1 aliphatic rings. The minimum atomic E-state index is -3.76. The number of sulfonamides is 1. The van der Waals surface area contributed by atoms with E-state index in [9.17, 15) is 13.2 Å². The van der Waals surface area contributed by atoms with Crippen LogP contribution in [0.4, 0.5) is 0 Å². The molecule has 0 unspecified atom stereocenters. The van der Waals surface area contributed by atoms with Gasteiger partial charge in [-0.1, -0.05) is 37.6 Å². The van der Waals surface area contributed by atoms with E-state index >= 15 is 0 Å². The number of halogens is 1. The topological polar surface area (TPSA) is 70.2 Å². The number of methoxy groups -OCH3 is 1. The van der Waals surface area contributed by atoms with E-state index in [1.807, 2.05) is 24.3 Å². The fourth-order valence-electron chi connectivity index (χ4n) is 4.08.